The summed E-state index contributed by atoms with van der Waals surface area (Å²) in [4.78, 5) is 14.8. The summed E-state index contributed by atoms with van der Waals surface area (Å²) < 4.78 is 54.4. The van der Waals surface area contributed by atoms with Crippen LogP contribution in [0, 0.1) is 17.6 Å². The fraction of sp³-hybridized carbons (Fsp3) is 0.480. The zero-order valence-electron chi connectivity index (χ0n) is 19.8. The van der Waals surface area contributed by atoms with Crippen molar-refractivity contribution in [3.8, 4) is 0 Å². The molecule has 0 aromatic heterocycles. The largest absolute Gasteiger partial charge is 0.339 e. The molecule has 0 radical (unpaired) electrons. The van der Waals surface area contributed by atoms with Crippen molar-refractivity contribution >= 4 is 15.9 Å². The molecule has 1 aliphatic rings. The summed E-state index contributed by atoms with van der Waals surface area (Å²) in [6, 6.07) is 10.2. The minimum atomic E-state index is -3.63. The van der Waals surface area contributed by atoms with Crippen molar-refractivity contribution in [3.63, 3.8) is 0 Å². The highest BCUT2D eigenvalue weighted by molar-refractivity contribution is 7.89. The van der Waals surface area contributed by atoms with Crippen LogP contribution in [0.25, 0.3) is 0 Å². The second-order valence-corrected chi connectivity index (χ2v) is 11.7. The van der Waals surface area contributed by atoms with Gasteiger partial charge in [-0.15, -0.1) is 0 Å². The van der Waals surface area contributed by atoms with Crippen molar-refractivity contribution in [3.05, 3.63) is 65.2 Å². The Morgan fingerprint density at radius 3 is 2.12 bits per heavy atom. The molecule has 0 spiro atoms. The number of sulfonamides is 1. The third-order valence-electron chi connectivity index (χ3n) is 6.52. The maximum absolute atomic E-state index is 13.6. The van der Waals surface area contributed by atoms with Gasteiger partial charge in [0, 0.05) is 26.1 Å². The monoisotopic (exact) mass is 478 g/mol. The summed E-state index contributed by atoms with van der Waals surface area (Å²) in [5.74, 6) is -2.33. The van der Waals surface area contributed by atoms with E-state index in [1.54, 1.807) is 26.1 Å². The molecule has 8 heteroatoms. The minimum Gasteiger partial charge on any atom is -0.339 e. The van der Waals surface area contributed by atoms with E-state index in [9.17, 15) is 22.0 Å². The van der Waals surface area contributed by atoms with E-state index in [4.69, 9.17) is 0 Å². The van der Waals surface area contributed by atoms with Gasteiger partial charge in [0.1, 0.15) is 0 Å². The van der Waals surface area contributed by atoms with E-state index in [0.29, 0.717) is 18.4 Å². The van der Waals surface area contributed by atoms with Gasteiger partial charge in [0.05, 0.1) is 10.9 Å². The van der Waals surface area contributed by atoms with E-state index in [1.807, 2.05) is 12.1 Å². The summed E-state index contributed by atoms with van der Waals surface area (Å²) in [5, 5.41) is 0. The van der Waals surface area contributed by atoms with Crippen molar-refractivity contribution in [2.45, 2.75) is 56.9 Å². The molecule has 1 atom stereocenters. The number of piperidine rings is 1. The van der Waals surface area contributed by atoms with Gasteiger partial charge >= 0.3 is 0 Å². The highest BCUT2D eigenvalue weighted by atomic mass is 32.2. The van der Waals surface area contributed by atoms with Gasteiger partial charge in [-0.2, -0.15) is 4.31 Å². The smallest absolute Gasteiger partial charge is 0.243 e. The molecule has 2 aromatic carbocycles. The van der Waals surface area contributed by atoms with Crippen LogP contribution in [0.2, 0.25) is 0 Å². The van der Waals surface area contributed by atoms with Crippen LogP contribution in [0.4, 0.5) is 8.78 Å². The van der Waals surface area contributed by atoms with Gasteiger partial charge in [-0.05, 0) is 60.6 Å². The number of hydrogen-bond donors (Lipinski definition) is 0. The van der Waals surface area contributed by atoms with Gasteiger partial charge in [-0.3, -0.25) is 4.79 Å². The molecular weight excluding hydrogens is 446 g/mol. The normalized spacial score (nSPS) is 17.1. The van der Waals surface area contributed by atoms with Crippen LogP contribution in [0.15, 0.2) is 47.4 Å². The Bertz CT molecular complexity index is 1100. The first-order chi connectivity index (χ1) is 15.3. The quantitative estimate of drug-likeness (QED) is 0.615. The fourth-order valence-electron chi connectivity index (χ4n) is 4.09. The van der Waals surface area contributed by atoms with E-state index in [0.717, 1.165) is 17.7 Å². The van der Waals surface area contributed by atoms with Gasteiger partial charge in [0.25, 0.3) is 0 Å². The van der Waals surface area contributed by atoms with Crippen molar-refractivity contribution < 1.29 is 22.0 Å². The second kappa shape index (κ2) is 9.50. The second-order valence-electron chi connectivity index (χ2n) is 9.75. The third-order valence-corrected chi connectivity index (χ3v) is 8.43. The maximum Gasteiger partial charge on any atom is 0.243 e. The Hall–Kier alpha value is -2.32. The van der Waals surface area contributed by atoms with Gasteiger partial charge in [0.15, 0.2) is 11.6 Å². The standard InChI is InChI=1S/C25H32F2N2O3S/c1-17(19-6-11-22(26)23(27)16-19)28(5)24(30)18-12-14-29(15-13-18)33(31,32)21-9-7-20(8-10-21)25(2,3)4/h6-11,16-18H,12-15H2,1-5H3. The lowest BCUT2D eigenvalue weighted by Gasteiger charge is -2.34. The lowest BCUT2D eigenvalue weighted by atomic mass is 9.87. The number of hydrogen-bond acceptors (Lipinski definition) is 3. The number of halogens is 2. The lowest BCUT2D eigenvalue weighted by Crippen LogP contribution is -2.44. The number of carbonyl (C=O) groups excluding carboxylic acids is 1. The molecule has 0 bridgehead atoms. The van der Waals surface area contributed by atoms with Crippen LogP contribution in [-0.2, 0) is 20.2 Å². The van der Waals surface area contributed by atoms with Crippen molar-refractivity contribution in [2.24, 2.45) is 5.92 Å². The van der Waals surface area contributed by atoms with Crippen LogP contribution >= 0.6 is 0 Å². The predicted octanol–water partition coefficient (Wildman–Crippen LogP) is 4.88. The van der Waals surface area contributed by atoms with Gasteiger partial charge < -0.3 is 4.90 Å². The lowest BCUT2D eigenvalue weighted by molar-refractivity contribution is -0.137. The van der Waals surface area contributed by atoms with Crippen molar-refractivity contribution in [1.29, 1.82) is 0 Å². The first kappa shape index (κ1) is 25.3. The Kier molecular flexibility index (Phi) is 7.29. The Balaban J connectivity index is 1.64. The number of carbonyl (C=O) groups is 1. The molecular formula is C25H32F2N2O3S. The van der Waals surface area contributed by atoms with E-state index >= 15 is 0 Å². The average molecular weight is 479 g/mol. The summed E-state index contributed by atoms with van der Waals surface area (Å²) in [6.45, 7) is 8.49. The molecule has 1 unspecified atom stereocenters. The molecule has 1 fully saturated rings. The number of rotatable bonds is 5. The maximum atomic E-state index is 13.6. The van der Waals surface area contributed by atoms with Crippen LogP contribution in [0.1, 0.15) is 57.7 Å². The average Bonchev–Trinajstić information content (AvgIpc) is 2.79. The molecule has 5 nitrogen and oxygen atoms in total. The van der Waals surface area contributed by atoms with E-state index < -0.39 is 27.7 Å². The highest BCUT2D eigenvalue weighted by Gasteiger charge is 2.34. The Labute approximate surface area is 195 Å². The molecule has 0 N–H and O–H groups in total. The van der Waals surface area contributed by atoms with Gasteiger partial charge in [-0.25, -0.2) is 17.2 Å². The number of nitrogens with zero attached hydrogens (tertiary/aromatic N) is 2. The molecule has 1 saturated heterocycles. The minimum absolute atomic E-state index is 0.0656. The zero-order chi connectivity index (χ0) is 24.6. The van der Waals surface area contributed by atoms with Crippen LogP contribution in [0.5, 0.6) is 0 Å². The van der Waals surface area contributed by atoms with Crippen molar-refractivity contribution in [1.82, 2.24) is 9.21 Å². The Morgan fingerprint density at radius 2 is 1.61 bits per heavy atom. The fourth-order valence-corrected chi connectivity index (χ4v) is 5.56. The van der Waals surface area contributed by atoms with E-state index in [2.05, 4.69) is 20.8 Å². The van der Waals surface area contributed by atoms with E-state index in [1.165, 1.54) is 15.3 Å². The first-order valence-electron chi connectivity index (χ1n) is 11.1. The SMILES string of the molecule is CC(c1ccc(F)c(F)c1)N(C)C(=O)C1CCN(S(=O)(=O)c2ccc(C(C)(C)C)cc2)CC1. The predicted molar refractivity (Wildman–Crippen MR) is 124 cm³/mol. The molecule has 33 heavy (non-hydrogen) atoms. The van der Waals surface area contributed by atoms with Gasteiger partial charge in [-0.1, -0.05) is 39.0 Å². The van der Waals surface area contributed by atoms with Crippen LogP contribution < -0.4 is 0 Å². The highest BCUT2D eigenvalue weighted by Crippen LogP contribution is 2.29. The zero-order valence-corrected chi connectivity index (χ0v) is 20.6. The summed E-state index contributed by atoms with van der Waals surface area (Å²) in [6.07, 6.45) is 0.819. The number of amides is 1. The molecule has 1 aliphatic heterocycles. The van der Waals surface area contributed by atoms with Crippen molar-refractivity contribution in [2.75, 3.05) is 20.1 Å². The Morgan fingerprint density at radius 1 is 1.03 bits per heavy atom. The molecule has 2 aromatic rings. The molecule has 3 rings (SSSR count). The molecule has 0 aliphatic carbocycles. The van der Waals surface area contributed by atoms with E-state index in [-0.39, 0.29) is 35.2 Å². The van der Waals surface area contributed by atoms with Gasteiger partial charge in [0.2, 0.25) is 15.9 Å². The third kappa shape index (κ3) is 5.44. The molecule has 180 valence electrons. The molecule has 0 saturated carbocycles. The van der Waals surface area contributed by atoms with Crippen LogP contribution in [0.3, 0.4) is 0 Å². The molecule has 1 amide bonds. The van der Waals surface area contributed by atoms with Crippen LogP contribution in [-0.4, -0.2) is 43.7 Å². The summed E-state index contributed by atoms with van der Waals surface area (Å²) in [5.41, 5.74) is 1.50. The summed E-state index contributed by atoms with van der Waals surface area (Å²) in [7, 11) is -2.00. The first-order valence-corrected chi connectivity index (χ1v) is 12.6. The topological polar surface area (TPSA) is 57.7 Å². The molecule has 1 heterocycles. The number of benzene rings is 2. The summed E-state index contributed by atoms with van der Waals surface area (Å²) >= 11 is 0.